The lowest BCUT2D eigenvalue weighted by molar-refractivity contribution is 0.143. The zero-order chi connectivity index (χ0) is 11.5. The van der Waals surface area contributed by atoms with Gasteiger partial charge in [0.1, 0.15) is 0 Å². The second-order valence-electron chi connectivity index (χ2n) is 3.93. The largest absolute Gasteiger partial charge is 0.383 e. The maximum atomic E-state index is 5.11. The minimum atomic E-state index is 0.636. The Labute approximate surface area is 95.2 Å². The van der Waals surface area contributed by atoms with Gasteiger partial charge in [0.25, 0.3) is 0 Å². The predicted molar refractivity (Wildman–Crippen MR) is 66.4 cm³/mol. The van der Waals surface area contributed by atoms with E-state index in [1.165, 1.54) is 12.8 Å². The smallest absolute Gasteiger partial charge is 0.0589 e. The summed E-state index contributed by atoms with van der Waals surface area (Å²) in [6, 6.07) is 0.636. The van der Waals surface area contributed by atoms with Crippen LogP contribution < -0.4 is 5.32 Å². The van der Waals surface area contributed by atoms with Crippen molar-refractivity contribution < 1.29 is 4.74 Å². The minimum absolute atomic E-state index is 0.636. The second-order valence-corrected chi connectivity index (χ2v) is 3.93. The van der Waals surface area contributed by atoms with Gasteiger partial charge in [-0.05, 0) is 19.5 Å². The van der Waals surface area contributed by atoms with Crippen molar-refractivity contribution >= 4 is 0 Å². The van der Waals surface area contributed by atoms with Crippen LogP contribution in [0.2, 0.25) is 0 Å². The number of ether oxygens (including phenoxy) is 1. The van der Waals surface area contributed by atoms with Crippen molar-refractivity contribution in [3.63, 3.8) is 0 Å². The number of nitrogens with one attached hydrogen (secondary N) is 1. The molecule has 0 aliphatic rings. The molecule has 0 fully saturated rings. The molecule has 0 saturated heterocycles. The molecule has 0 aromatic carbocycles. The highest BCUT2D eigenvalue weighted by molar-refractivity contribution is 4.70. The fraction of sp³-hybridized carbons (Fsp3) is 1.00. The van der Waals surface area contributed by atoms with E-state index in [0.717, 1.165) is 32.8 Å². The van der Waals surface area contributed by atoms with E-state index in [1.807, 2.05) is 0 Å². The third kappa shape index (κ3) is 7.77. The fourth-order valence-corrected chi connectivity index (χ4v) is 1.81. The van der Waals surface area contributed by atoms with Crippen molar-refractivity contribution in [2.75, 3.05) is 39.9 Å². The van der Waals surface area contributed by atoms with Gasteiger partial charge in [0.05, 0.1) is 6.61 Å². The minimum Gasteiger partial charge on any atom is -0.383 e. The summed E-state index contributed by atoms with van der Waals surface area (Å²) < 4.78 is 5.11. The third-order valence-corrected chi connectivity index (χ3v) is 2.67. The van der Waals surface area contributed by atoms with Gasteiger partial charge < -0.3 is 10.1 Å². The lowest BCUT2D eigenvalue weighted by atomic mass is 10.1. The third-order valence-electron chi connectivity index (χ3n) is 2.67. The Kier molecular flexibility index (Phi) is 10.3. The fourth-order valence-electron chi connectivity index (χ4n) is 1.81. The number of hydrogen-bond acceptors (Lipinski definition) is 3. The molecule has 0 radical (unpaired) electrons. The van der Waals surface area contributed by atoms with E-state index in [0.29, 0.717) is 6.04 Å². The van der Waals surface area contributed by atoms with Crippen molar-refractivity contribution in [3.05, 3.63) is 0 Å². The van der Waals surface area contributed by atoms with E-state index in [9.17, 15) is 0 Å². The van der Waals surface area contributed by atoms with Crippen LogP contribution in [0.4, 0.5) is 0 Å². The lowest BCUT2D eigenvalue weighted by Crippen LogP contribution is -2.42. The van der Waals surface area contributed by atoms with Crippen LogP contribution in [0, 0.1) is 0 Å². The Hall–Kier alpha value is -0.120. The summed E-state index contributed by atoms with van der Waals surface area (Å²) in [6.07, 6.45) is 2.51. The van der Waals surface area contributed by atoms with Crippen molar-refractivity contribution in [2.24, 2.45) is 0 Å². The van der Waals surface area contributed by atoms with E-state index in [4.69, 9.17) is 4.74 Å². The molecule has 0 spiro atoms. The molecule has 0 bridgehead atoms. The van der Waals surface area contributed by atoms with Gasteiger partial charge in [-0.3, -0.25) is 4.90 Å². The Bertz CT molecular complexity index is 125. The molecule has 1 unspecified atom stereocenters. The van der Waals surface area contributed by atoms with Gasteiger partial charge in [0, 0.05) is 26.2 Å². The molecule has 0 aliphatic heterocycles. The SMILES string of the molecule is CCCC(CN(CC)CCOC)NCC. The van der Waals surface area contributed by atoms with Crippen molar-refractivity contribution in [1.29, 1.82) is 0 Å². The Morgan fingerprint density at radius 2 is 2.00 bits per heavy atom. The monoisotopic (exact) mass is 216 g/mol. The first kappa shape index (κ1) is 14.9. The number of nitrogens with zero attached hydrogens (tertiary/aromatic N) is 1. The zero-order valence-electron chi connectivity index (χ0n) is 10.9. The highest BCUT2D eigenvalue weighted by atomic mass is 16.5. The first-order valence-corrected chi connectivity index (χ1v) is 6.23. The van der Waals surface area contributed by atoms with Crippen LogP contribution in [0.1, 0.15) is 33.6 Å². The van der Waals surface area contributed by atoms with Crippen molar-refractivity contribution in [3.8, 4) is 0 Å². The summed E-state index contributed by atoms with van der Waals surface area (Å²) in [5.41, 5.74) is 0. The van der Waals surface area contributed by atoms with Crippen LogP contribution >= 0.6 is 0 Å². The first-order valence-electron chi connectivity index (χ1n) is 6.23. The standard InChI is InChI=1S/C12H28N2O/c1-5-8-12(13-6-2)11-14(7-3)9-10-15-4/h12-13H,5-11H2,1-4H3. The van der Waals surface area contributed by atoms with Crippen molar-refractivity contribution in [1.82, 2.24) is 10.2 Å². The molecule has 3 nitrogen and oxygen atoms in total. The molecule has 0 rings (SSSR count). The van der Waals surface area contributed by atoms with Gasteiger partial charge in [-0.25, -0.2) is 0 Å². The van der Waals surface area contributed by atoms with Crippen LogP contribution in [0.5, 0.6) is 0 Å². The van der Waals surface area contributed by atoms with E-state index in [1.54, 1.807) is 7.11 Å². The Balaban J connectivity index is 3.85. The zero-order valence-corrected chi connectivity index (χ0v) is 10.9. The summed E-state index contributed by atoms with van der Waals surface area (Å²) in [6.45, 7) is 11.8. The number of likely N-dealkylation sites (N-methyl/N-ethyl adjacent to an activating group) is 2. The van der Waals surface area contributed by atoms with Crippen molar-refractivity contribution in [2.45, 2.75) is 39.7 Å². The highest BCUT2D eigenvalue weighted by Crippen LogP contribution is 2.00. The molecule has 1 N–H and O–H groups in total. The molecule has 92 valence electrons. The van der Waals surface area contributed by atoms with Crippen LogP contribution in [-0.2, 0) is 4.74 Å². The maximum Gasteiger partial charge on any atom is 0.0589 e. The molecule has 1 atom stereocenters. The maximum absolute atomic E-state index is 5.11. The van der Waals surface area contributed by atoms with E-state index < -0.39 is 0 Å². The highest BCUT2D eigenvalue weighted by Gasteiger charge is 2.10. The molecular formula is C12H28N2O. The Morgan fingerprint density at radius 3 is 2.47 bits per heavy atom. The quantitative estimate of drug-likeness (QED) is 0.602. The van der Waals surface area contributed by atoms with E-state index >= 15 is 0 Å². The predicted octanol–water partition coefficient (Wildman–Crippen LogP) is 1.73. The Morgan fingerprint density at radius 1 is 1.27 bits per heavy atom. The van der Waals surface area contributed by atoms with E-state index in [-0.39, 0.29) is 0 Å². The molecule has 0 aliphatic carbocycles. The van der Waals surface area contributed by atoms with Gasteiger partial charge in [-0.15, -0.1) is 0 Å². The number of hydrogen-bond donors (Lipinski definition) is 1. The normalized spacial score (nSPS) is 13.4. The average molecular weight is 216 g/mol. The molecule has 0 aromatic rings. The number of rotatable bonds is 10. The molecule has 0 aromatic heterocycles. The molecular weight excluding hydrogens is 188 g/mol. The van der Waals surface area contributed by atoms with E-state index in [2.05, 4.69) is 31.0 Å². The molecule has 0 heterocycles. The average Bonchev–Trinajstić information content (AvgIpc) is 2.24. The lowest BCUT2D eigenvalue weighted by Gasteiger charge is -2.26. The summed E-state index contributed by atoms with van der Waals surface area (Å²) in [4.78, 5) is 2.45. The molecule has 0 saturated carbocycles. The molecule has 15 heavy (non-hydrogen) atoms. The summed E-state index contributed by atoms with van der Waals surface area (Å²) in [7, 11) is 1.77. The van der Waals surface area contributed by atoms with Crippen LogP contribution in [0.25, 0.3) is 0 Å². The van der Waals surface area contributed by atoms with Gasteiger partial charge >= 0.3 is 0 Å². The van der Waals surface area contributed by atoms with Gasteiger partial charge in [-0.2, -0.15) is 0 Å². The topological polar surface area (TPSA) is 24.5 Å². The number of methoxy groups -OCH3 is 1. The van der Waals surface area contributed by atoms with Gasteiger partial charge in [-0.1, -0.05) is 27.2 Å². The summed E-state index contributed by atoms with van der Waals surface area (Å²) in [5, 5.41) is 3.54. The second kappa shape index (κ2) is 10.4. The van der Waals surface area contributed by atoms with Crippen LogP contribution in [0.15, 0.2) is 0 Å². The molecule has 0 amide bonds. The van der Waals surface area contributed by atoms with Gasteiger partial charge in [0.15, 0.2) is 0 Å². The molecule has 3 heteroatoms. The van der Waals surface area contributed by atoms with Crippen LogP contribution in [-0.4, -0.2) is 50.8 Å². The van der Waals surface area contributed by atoms with Gasteiger partial charge in [0.2, 0.25) is 0 Å². The first-order chi connectivity index (χ1) is 7.28. The van der Waals surface area contributed by atoms with Crippen LogP contribution in [0.3, 0.4) is 0 Å². The summed E-state index contributed by atoms with van der Waals surface area (Å²) >= 11 is 0. The summed E-state index contributed by atoms with van der Waals surface area (Å²) in [5.74, 6) is 0.